The molecule has 0 fully saturated rings. The van der Waals surface area contributed by atoms with E-state index < -0.39 is 0 Å². The van der Waals surface area contributed by atoms with Gasteiger partial charge in [-0.15, -0.1) is 0 Å². The second kappa shape index (κ2) is 6.55. The van der Waals surface area contributed by atoms with Crippen molar-refractivity contribution in [3.8, 4) is 11.8 Å². The summed E-state index contributed by atoms with van der Waals surface area (Å²) < 4.78 is 4.91. The molecule has 0 saturated carbocycles. The molecule has 20 heavy (non-hydrogen) atoms. The summed E-state index contributed by atoms with van der Waals surface area (Å²) >= 11 is 0. The number of carbonyl (C=O) groups excluding carboxylic acids is 1. The maximum absolute atomic E-state index is 12.1. The van der Waals surface area contributed by atoms with E-state index in [0.29, 0.717) is 11.3 Å². The third-order valence-corrected chi connectivity index (χ3v) is 2.79. The predicted molar refractivity (Wildman–Crippen MR) is 72.8 cm³/mol. The topological polar surface area (TPSA) is 75.4 Å². The van der Waals surface area contributed by atoms with Crippen LogP contribution in [0.3, 0.4) is 0 Å². The van der Waals surface area contributed by atoms with Gasteiger partial charge in [-0.3, -0.25) is 4.79 Å². The quantitative estimate of drug-likeness (QED) is 0.823. The SMILES string of the molecule is Cc1c(C#CCO)cccc1C(=O)NCc1ccno1. The highest BCUT2D eigenvalue weighted by atomic mass is 16.5. The lowest BCUT2D eigenvalue weighted by molar-refractivity contribution is 0.0946. The molecule has 2 N–H and O–H groups in total. The second-order valence-electron chi connectivity index (χ2n) is 4.10. The number of rotatable bonds is 3. The highest BCUT2D eigenvalue weighted by Crippen LogP contribution is 2.13. The van der Waals surface area contributed by atoms with E-state index in [4.69, 9.17) is 9.63 Å². The van der Waals surface area contributed by atoms with E-state index in [-0.39, 0.29) is 19.1 Å². The van der Waals surface area contributed by atoms with Gasteiger partial charge in [0, 0.05) is 17.2 Å². The number of nitrogens with zero attached hydrogens (tertiary/aromatic N) is 1. The highest BCUT2D eigenvalue weighted by Gasteiger charge is 2.11. The van der Waals surface area contributed by atoms with Gasteiger partial charge >= 0.3 is 0 Å². The monoisotopic (exact) mass is 270 g/mol. The van der Waals surface area contributed by atoms with Crippen LogP contribution in [-0.4, -0.2) is 22.8 Å². The molecule has 0 saturated heterocycles. The Bertz CT molecular complexity index is 651. The third-order valence-electron chi connectivity index (χ3n) is 2.79. The van der Waals surface area contributed by atoms with Crippen LogP contribution in [0.2, 0.25) is 0 Å². The molecule has 2 aromatic rings. The van der Waals surface area contributed by atoms with Crippen molar-refractivity contribution in [2.24, 2.45) is 0 Å². The number of aliphatic hydroxyl groups excluding tert-OH is 1. The van der Waals surface area contributed by atoms with E-state index in [9.17, 15) is 4.79 Å². The number of aliphatic hydroxyl groups is 1. The molecule has 102 valence electrons. The zero-order valence-corrected chi connectivity index (χ0v) is 11.0. The molecular weight excluding hydrogens is 256 g/mol. The van der Waals surface area contributed by atoms with Crippen LogP contribution in [0.15, 0.2) is 35.0 Å². The van der Waals surface area contributed by atoms with Crippen LogP contribution >= 0.6 is 0 Å². The number of nitrogens with one attached hydrogen (secondary N) is 1. The summed E-state index contributed by atoms with van der Waals surface area (Å²) in [6.45, 7) is 1.90. The summed E-state index contributed by atoms with van der Waals surface area (Å²) in [5, 5.41) is 15.0. The van der Waals surface area contributed by atoms with Crippen LogP contribution in [0.1, 0.15) is 27.2 Å². The zero-order valence-electron chi connectivity index (χ0n) is 11.0. The van der Waals surface area contributed by atoms with Crippen molar-refractivity contribution in [3.63, 3.8) is 0 Å². The minimum absolute atomic E-state index is 0.202. The maximum atomic E-state index is 12.1. The Hall–Kier alpha value is -2.58. The first-order chi connectivity index (χ1) is 9.72. The minimum Gasteiger partial charge on any atom is -0.384 e. The van der Waals surface area contributed by atoms with Crippen molar-refractivity contribution in [3.05, 3.63) is 52.9 Å². The molecule has 0 aliphatic heterocycles. The number of aromatic nitrogens is 1. The normalized spacial score (nSPS) is 9.70. The van der Waals surface area contributed by atoms with Gasteiger partial charge in [0.25, 0.3) is 5.91 Å². The Morgan fingerprint density at radius 3 is 3.00 bits per heavy atom. The minimum atomic E-state index is -0.207. The average molecular weight is 270 g/mol. The van der Waals surface area contributed by atoms with Crippen molar-refractivity contribution in [2.75, 3.05) is 6.61 Å². The summed E-state index contributed by atoms with van der Waals surface area (Å²) in [6.07, 6.45) is 1.53. The lowest BCUT2D eigenvalue weighted by atomic mass is 10.0. The third kappa shape index (κ3) is 3.25. The summed E-state index contributed by atoms with van der Waals surface area (Å²) in [6, 6.07) is 6.99. The number of benzene rings is 1. The smallest absolute Gasteiger partial charge is 0.251 e. The summed E-state index contributed by atoms with van der Waals surface area (Å²) in [5.41, 5.74) is 2.06. The van der Waals surface area contributed by atoms with E-state index in [0.717, 1.165) is 11.1 Å². The number of hydrogen-bond acceptors (Lipinski definition) is 4. The number of amides is 1. The fourth-order valence-corrected chi connectivity index (χ4v) is 1.75. The number of carbonyl (C=O) groups is 1. The molecule has 0 unspecified atom stereocenters. The van der Waals surface area contributed by atoms with E-state index in [1.54, 1.807) is 18.2 Å². The van der Waals surface area contributed by atoms with Crippen LogP contribution in [-0.2, 0) is 6.54 Å². The molecule has 0 aliphatic carbocycles. The molecule has 1 heterocycles. The van der Waals surface area contributed by atoms with E-state index in [1.165, 1.54) is 6.20 Å². The molecule has 0 bridgehead atoms. The van der Waals surface area contributed by atoms with Gasteiger partial charge in [0.15, 0.2) is 5.76 Å². The molecule has 5 nitrogen and oxygen atoms in total. The standard InChI is InChI=1S/C15H14N2O3/c1-11-12(5-3-9-18)4-2-6-14(11)15(19)16-10-13-7-8-17-20-13/h2,4,6-8,18H,9-10H2,1H3,(H,16,19). The molecule has 5 heteroatoms. The van der Waals surface area contributed by atoms with Gasteiger partial charge in [-0.2, -0.15) is 0 Å². The van der Waals surface area contributed by atoms with Gasteiger partial charge in [0.1, 0.15) is 6.61 Å². The molecule has 0 aliphatic rings. The zero-order chi connectivity index (χ0) is 14.4. The fourth-order valence-electron chi connectivity index (χ4n) is 1.75. The van der Waals surface area contributed by atoms with E-state index in [1.807, 2.05) is 13.0 Å². The predicted octanol–water partition coefficient (Wildman–Crippen LogP) is 1.26. The molecular formula is C15H14N2O3. The molecule has 1 amide bonds. The van der Waals surface area contributed by atoms with Gasteiger partial charge in [-0.1, -0.05) is 23.1 Å². The molecule has 0 radical (unpaired) electrons. The summed E-state index contributed by atoms with van der Waals surface area (Å²) in [4.78, 5) is 12.1. The molecule has 0 atom stereocenters. The Morgan fingerprint density at radius 2 is 2.30 bits per heavy atom. The average Bonchev–Trinajstić information content (AvgIpc) is 2.97. The van der Waals surface area contributed by atoms with Gasteiger partial charge in [-0.05, 0) is 24.6 Å². The lowest BCUT2D eigenvalue weighted by Crippen LogP contribution is -2.23. The van der Waals surface area contributed by atoms with Gasteiger partial charge in [-0.25, -0.2) is 0 Å². The Morgan fingerprint density at radius 1 is 1.45 bits per heavy atom. The van der Waals surface area contributed by atoms with Crippen molar-refractivity contribution in [1.29, 1.82) is 0 Å². The van der Waals surface area contributed by atoms with Crippen molar-refractivity contribution >= 4 is 5.91 Å². The van der Waals surface area contributed by atoms with Crippen LogP contribution in [0.5, 0.6) is 0 Å². The van der Waals surface area contributed by atoms with Crippen molar-refractivity contribution in [1.82, 2.24) is 10.5 Å². The molecule has 0 spiro atoms. The first kappa shape index (κ1) is 13.8. The van der Waals surface area contributed by atoms with Crippen LogP contribution in [0.25, 0.3) is 0 Å². The second-order valence-corrected chi connectivity index (χ2v) is 4.10. The Labute approximate surface area is 116 Å². The Kier molecular flexibility index (Phi) is 4.53. The van der Waals surface area contributed by atoms with Gasteiger partial charge in [0.05, 0.1) is 12.7 Å². The van der Waals surface area contributed by atoms with Crippen LogP contribution < -0.4 is 5.32 Å². The van der Waals surface area contributed by atoms with Gasteiger partial charge < -0.3 is 14.9 Å². The first-order valence-electron chi connectivity index (χ1n) is 6.09. The summed E-state index contributed by atoms with van der Waals surface area (Å²) in [7, 11) is 0. The van der Waals surface area contributed by atoms with Gasteiger partial charge in [0.2, 0.25) is 0 Å². The maximum Gasteiger partial charge on any atom is 0.251 e. The summed E-state index contributed by atoms with van der Waals surface area (Å²) in [5.74, 6) is 5.78. The van der Waals surface area contributed by atoms with Crippen molar-refractivity contribution < 1.29 is 14.4 Å². The fraction of sp³-hybridized carbons (Fsp3) is 0.200. The highest BCUT2D eigenvalue weighted by molar-refractivity contribution is 5.96. The number of hydrogen-bond donors (Lipinski definition) is 2. The largest absolute Gasteiger partial charge is 0.384 e. The lowest BCUT2D eigenvalue weighted by Gasteiger charge is -2.07. The van der Waals surface area contributed by atoms with Crippen molar-refractivity contribution in [2.45, 2.75) is 13.5 Å². The van der Waals surface area contributed by atoms with Crippen LogP contribution in [0.4, 0.5) is 0 Å². The molecule has 2 rings (SSSR count). The van der Waals surface area contributed by atoms with E-state index >= 15 is 0 Å². The molecule has 1 aromatic heterocycles. The van der Waals surface area contributed by atoms with E-state index in [2.05, 4.69) is 22.3 Å². The first-order valence-corrected chi connectivity index (χ1v) is 6.09. The molecule has 1 aromatic carbocycles. The Balaban J connectivity index is 2.13. The van der Waals surface area contributed by atoms with Crippen LogP contribution in [0, 0.1) is 18.8 Å².